The van der Waals surface area contributed by atoms with Gasteiger partial charge in [0.1, 0.15) is 11.4 Å². The van der Waals surface area contributed by atoms with E-state index in [0.717, 1.165) is 5.56 Å². The Hall–Kier alpha value is -2.69. The Morgan fingerprint density at radius 2 is 1.80 bits per heavy atom. The standard InChI is InChI=1S/C15H12N2O3/c18-11-5-3-10(4-6-11)7-9-17-14(19)12-2-1-8-16-13(12)15(17)20/h1-6,8,18H,7,9H2. The van der Waals surface area contributed by atoms with Gasteiger partial charge in [-0.15, -0.1) is 0 Å². The minimum absolute atomic E-state index is 0.193. The first kappa shape index (κ1) is 12.3. The first-order valence-electron chi connectivity index (χ1n) is 6.26. The Morgan fingerprint density at radius 3 is 2.50 bits per heavy atom. The minimum Gasteiger partial charge on any atom is -0.508 e. The number of imide groups is 1. The smallest absolute Gasteiger partial charge is 0.280 e. The molecule has 0 spiro atoms. The molecule has 20 heavy (non-hydrogen) atoms. The number of hydrogen-bond donors (Lipinski definition) is 1. The second kappa shape index (κ2) is 4.77. The SMILES string of the molecule is O=C1c2cccnc2C(=O)N1CCc1ccc(O)cc1. The molecule has 0 bridgehead atoms. The number of phenols is 1. The molecular formula is C15H12N2O3. The number of benzene rings is 1. The number of rotatable bonds is 3. The van der Waals surface area contributed by atoms with Crippen molar-refractivity contribution in [2.45, 2.75) is 6.42 Å². The molecule has 1 aliphatic heterocycles. The fourth-order valence-electron chi connectivity index (χ4n) is 2.22. The van der Waals surface area contributed by atoms with Crippen molar-refractivity contribution in [2.75, 3.05) is 6.54 Å². The highest BCUT2D eigenvalue weighted by Gasteiger charge is 2.35. The average molecular weight is 268 g/mol. The van der Waals surface area contributed by atoms with E-state index in [1.165, 1.54) is 11.1 Å². The van der Waals surface area contributed by atoms with Gasteiger partial charge in [-0.2, -0.15) is 0 Å². The zero-order valence-electron chi connectivity index (χ0n) is 10.6. The van der Waals surface area contributed by atoms with Crippen molar-refractivity contribution >= 4 is 11.8 Å². The van der Waals surface area contributed by atoms with Gasteiger partial charge in [0.25, 0.3) is 11.8 Å². The molecule has 1 aromatic carbocycles. The summed E-state index contributed by atoms with van der Waals surface area (Å²) in [6, 6.07) is 9.96. The maximum Gasteiger partial charge on any atom is 0.280 e. The van der Waals surface area contributed by atoms with Gasteiger partial charge < -0.3 is 5.11 Å². The normalized spacial score (nSPS) is 13.7. The molecule has 2 aromatic rings. The summed E-state index contributed by atoms with van der Waals surface area (Å²) in [5, 5.41) is 9.21. The number of fused-ring (bicyclic) bond motifs is 1. The van der Waals surface area contributed by atoms with E-state index in [-0.39, 0.29) is 23.3 Å². The molecule has 5 nitrogen and oxygen atoms in total. The Balaban J connectivity index is 1.75. The number of aromatic hydroxyl groups is 1. The Labute approximate surface area is 115 Å². The third-order valence-corrected chi connectivity index (χ3v) is 3.29. The Kier molecular flexibility index (Phi) is 2.95. The summed E-state index contributed by atoms with van der Waals surface area (Å²) in [6.45, 7) is 0.304. The first-order valence-corrected chi connectivity index (χ1v) is 6.26. The van der Waals surface area contributed by atoms with Gasteiger partial charge >= 0.3 is 0 Å². The molecule has 100 valence electrons. The molecule has 5 heteroatoms. The van der Waals surface area contributed by atoms with Crippen LogP contribution in [-0.2, 0) is 6.42 Å². The minimum atomic E-state index is -0.343. The highest BCUT2D eigenvalue weighted by Crippen LogP contribution is 2.21. The molecular weight excluding hydrogens is 256 g/mol. The van der Waals surface area contributed by atoms with Crippen molar-refractivity contribution < 1.29 is 14.7 Å². The van der Waals surface area contributed by atoms with Crippen LogP contribution in [0.15, 0.2) is 42.6 Å². The quantitative estimate of drug-likeness (QED) is 0.859. The van der Waals surface area contributed by atoms with E-state index in [4.69, 9.17) is 0 Å². The second-order valence-corrected chi connectivity index (χ2v) is 4.58. The monoisotopic (exact) mass is 268 g/mol. The van der Waals surface area contributed by atoms with Gasteiger partial charge in [0, 0.05) is 12.7 Å². The highest BCUT2D eigenvalue weighted by molar-refractivity contribution is 6.20. The van der Waals surface area contributed by atoms with Gasteiger partial charge in [0.05, 0.1) is 5.56 Å². The molecule has 2 amide bonds. The van der Waals surface area contributed by atoms with Gasteiger partial charge in [-0.25, -0.2) is 0 Å². The van der Waals surface area contributed by atoms with Crippen LogP contribution < -0.4 is 0 Å². The predicted molar refractivity (Wildman–Crippen MR) is 71.4 cm³/mol. The Bertz CT molecular complexity index is 645. The second-order valence-electron chi connectivity index (χ2n) is 4.58. The number of carbonyl (C=O) groups is 2. The van der Waals surface area contributed by atoms with Gasteiger partial charge in [-0.1, -0.05) is 12.1 Å². The van der Waals surface area contributed by atoms with Crippen LogP contribution >= 0.6 is 0 Å². The van der Waals surface area contributed by atoms with Gasteiger partial charge in [-0.3, -0.25) is 19.5 Å². The van der Waals surface area contributed by atoms with Crippen molar-refractivity contribution in [3.8, 4) is 5.75 Å². The lowest BCUT2D eigenvalue weighted by Gasteiger charge is -2.13. The topological polar surface area (TPSA) is 70.5 Å². The number of hydrogen-bond acceptors (Lipinski definition) is 4. The lowest BCUT2D eigenvalue weighted by atomic mass is 10.1. The fraction of sp³-hybridized carbons (Fsp3) is 0.133. The van der Waals surface area contributed by atoms with Crippen LogP contribution in [0.4, 0.5) is 0 Å². The maximum atomic E-state index is 12.1. The number of phenolic OH excluding ortho intramolecular Hbond substituents is 1. The van der Waals surface area contributed by atoms with Crippen LogP contribution in [0.2, 0.25) is 0 Å². The molecule has 3 rings (SSSR count). The summed E-state index contributed by atoms with van der Waals surface area (Å²) in [5.74, 6) is -0.445. The lowest BCUT2D eigenvalue weighted by molar-refractivity contribution is 0.0654. The molecule has 0 unspecified atom stereocenters. The molecule has 1 aliphatic rings. The number of nitrogens with zero attached hydrogens (tertiary/aromatic N) is 2. The number of amides is 2. The van der Waals surface area contributed by atoms with E-state index in [1.807, 2.05) is 0 Å². The van der Waals surface area contributed by atoms with Crippen molar-refractivity contribution in [3.63, 3.8) is 0 Å². The summed E-state index contributed by atoms with van der Waals surface area (Å²) in [7, 11) is 0. The van der Waals surface area contributed by atoms with E-state index in [1.54, 1.807) is 36.4 Å². The van der Waals surface area contributed by atoms with Gasteiger partial charge in [0.2, 0.25) is 0 Å². The van der Waals surface area contributed by atoms with Crippen molar-refractivity contribution in [3.05, 3.63) is 59.4 Å². The molecule has 2 heterocycles. The molecule has 0 aliphatic carbocycles. The third kappa shape index (κ3) is 2.03. The molecule has 1 aromatic heterocycles. The van der Waals surface area contributed by atoms with E-state index in [2.05, 4.69) is 4.98 Å². The van der Waals surface area contributed by atoms with Crippen LogP contribution in [0, 0.1) is 0 Å². The van der Waals surface area contributed by atoms with Crippen LogP contribution in [0.5, 0.6) is 5.75 Å². The maximum absolute atomic E-state index is 12.1. The Morgan fingerprint density at radius 1 is 1.05 bits per heavy atom. The van der Waals surface area contributed by atoms with Gasteiger partial charge in [0.15, 0.2) is 0 Å². The van der Waals surface area contributed by atoms with Crippen LogP contribution in [-0.4, -0.2) is 33.3 Å². The summed E-state index contributed by atoms with van der Waals surface area (Å²) >= 11 is 0. The summed E-state index contributed by atoms with van der Waals surface area (Å²) < 4.78 is 0. The fourth-order valence-corrected chi connectivity index (χ4v) is 2.22. The largest absolute Gasteiger partial charge is 0.508 e. The van der Waals surface area contributed by atoms with E-state index < -0.39 is 0 Å². The summed E-state index contributed by atoms with van der Waals surface area (Å²) in [6.07, 6.45) is 2.05. The number of carbonyl (C=O) groups excluding carboxylic acids is 2. The van der Waals surface area contributed by atoms with Gasteiger partial charge in [-0.05, 0) is 36.2 Å². The highest BCUT2D eigenvalue weighted by atomic mass is 16.3. The molecule has 0 radical (unpaired) electrons. The molecule has 0 saturated carbocycles. The van der Waals surface area contributed by atoms with Crippen molar-refractivity contribution in [1.82, 2.24) is 9.88 Å². The van der Waals surface area contributed by atoms with Crippen LogP contribution in [0.25, 0.3) is 0 Å². The van der Waals surface area contributed by atoms with Crippen LogP contribution in [0.1, 0.15) is 26.4 Å². The van der Waals surface area contributed by atoms with Crippen LogP contribution in [0.3, 0.4) is 0 Å². The zero-order valence-corrected chi connectivity index (χ0v) is 10.6. The van der Waals surface area contributed by atoms with E-state index >= 15 is 0 Å². The van der Waals surface area contributed by atoms with E-state index in [9.17, 15) is 14.7 Å². The predicted octanol–water partition coefficient (Wildman–Crippen LogP) is 1.63. The zero-order chi connectivity index (χ0) is 14.1. The van der Waals surface area contributed by atoms with Crippen molar-refractivity contribution in [2.24, 2.45) is 0 Å². The molecule has 1 N–H and O–H groups in total. The average Bonchev–Trinajstić information content (AvgIpc) is 2.71. The van der Waals surface area contributed by atoms with Crippen molar-refractivity contribution in [1.29, 1.82) is 0 Å². The molecule has 0 saturated heterocycles. The summed E-state index contributed by atoms with van der Waals surface area (Å²) in [4.78, 5) is 29.4. The third-order valence-electron chi connectivity index (χ3n) is 3.29. The first-order chi connectivity index (χ1) is 9.66. The molecule has 0 fully saturated rings. The van der Waals surface area contributed by atoms with E-state index in [0.29, 0.717) is 18.5 Å². The molecule has 0 atom stereocenters. The number of pyridine rings is 1. The summed E-state index contributed by atoms with van der Waals surface area (Å²) in [5.41, 5.74) is 1.54. The lowest BCUT2D eigenvalue weighted by Crippen LogP contribution is -2.31. The number of aromatic nitrogens is 1.